The summed E-state index contributed by atoms with van der Waals surface area (Å²) >= 11 is 1.32. The summed E-state index contributed by atoms with van der Waals surface area (Å²) in [6, 6.07) is 11.3. The standard InChI is InChI=1S/C21H22N2O2S/c1-5-23-20(25)16-8-6-7-9-18(16)22-21(23)26-12-19(24)17-11-14(3)13(2)10-15(17)4/h6-11H,5,12H2,1-4H3. The molecule has 134 valence electrons. The molecule has 0 saturated heterocycles. The minimum Gasteiger partial charge on any atom is -0.293 e. The van der Waals surface area contributed by atoms with E-state index < -0.39 is 0 Å². The van der Waals surface area contributed by atoms with E-state index in [1.807, 2.05) is 58.0 Å². The van der Waals surface area contributed by atoms with Gasteiger partial charge < -0.3 is 0 Å². The molecule has 0 spiro atoms. The largest absolute Gasteiger partial charge is 0.293 e. The zero-order valence-electron chi connectivity index (χ0n) is 15.5. The lowest BCUT2D eigenvalue weighted by atomic mass is 9.99. The van der Waals surface area contributed by atoms with Gasteiger partial charge >= 0.3 is 0 Å². The number of para-hydroxylation sites is 1. The Labute approximate surface area is 157 Å². The summed E-state index contributed by atoms with van der Waals surface area (Å²) in [5.41, 5.74) is 4.63. The molecule has 3 rings (SSSR count). The van der Waals surface area contributed by atoms with Gasteiger partial charge in [0.15, 0.2) is 10.9 Å². The zero-order valence-corrected chi connectivity index (χ0v) is 16.3. The van der Waals surface area contributed by atoms with Gasteiger partial charge in [0.2, 0.25) is 0 Å². The van der Waals surface area contributed by atoms with E-state index in [1.165, 1.54) is 17.3 Å². The number of rotatable bonds is 5. The van der Waals surface area contributed by atoms with E-state index in [0.29, 0.717) is 22.6 Å². The smallest absolute Gasteiger partial charge is 0.262 e. The first-order chi connectivity index (χ1) is 12.4. The van der Waals surface area contributed by atoms with Crippen molar-refractivity contribution in [2.24, 2.45) is 0 Å². The molecule has 0 radical (unpaired) electrons. The maximum absolute atomic E-state index is 12.7. The molecule has 0 aliphatic carbocycles. The molecule has 5 heteroatoms. The lowest BCUT2D eigenvalue weighted by Crippen LogP contribution is -2.23. The fourth-order valence-electron chi connectivity index (χ4n) is 3.01. The van der Waals surface area contributed by atoms with Crippen LogP contribution in [-0.4, -0.2) is 21.1 Å². The number of aryl methyl sites for hydroxylation is 3. The van der Waals surface area contributed by atoms with Crippen LogP contribution in [0.4, 0.5) is 0 Å². The number of carbonyl (C=O) groups is 1. The summed E-state index contributed by atoms with van der Waals surface area (Å²) in [5, 5.41) is 1.20. The van der Waals surface area contributed by atoms with Crippen LogP contribution in [0, 0.1) is 20.8 Å². The van der Waals surface area contributed by atoms with Crippen molar-refractivity contribution in [3.05, 3.63) is 69.0 Å². The Balaban J connectivity index is 1.91. The molecular formula is C21H22N2O2S. The van der Waals surface area contributed by atoms with E-state index in [1.54, 1.807) is 10.6 Å². The van der Waals surface area contributed by atoms with Crippen molar-refractivity contribution in [2.45, 2.75) is 39.4 Å². The number of Topliss-reactive ketones (excluding diaryl/α,β-unsaturated/α-hetero) is 1. The Bertz CT molecular complexity index is 1050. The number of benzene rings is 2. The Morgan fingerprint density at radius 2 is 1.77 bits per heavy atom. The summed E-state index contributed by atoms with van der Waals surface area (Å²) in [5.74, 6) is 0.314. The average molecular weight is 366 g/mol. The Kier molecular flexibility index (Phi) is 5.28. The fraction of sp³-hybridized carbons (Fsp3) is 0.286. The van der Waals surface area contributed by atoms with Crippen molar-refractivity contribution in [3.63, 3.8) is 0 Å². The second-order valence-corrected chi connectivity index (χ2v) is 7.37. The minimum atomic E-state index is -0.0598. The molecule has 0 unspecified atom stereocenters. The molecule has 0 amide bonds. The van der Waals surface area contributed by atoms with Gasteiger partial charge in [0, 0.05) is 12.1 Å². The number of thioether (sulfide) groups is 1. The van der Waals surface area contributed by atoms with Crippen LogP contribution in [0.15, 0.2) is 46.3 Å². The molecule has 0 aliphatic rings. The summed E-state index contributed by atoms with van der Waals surface area (Å²) in [4.78, 5) is 30.0. The van der Waals surface area contributed by atoms with Crippen LogP contribution in [-0.2, 0) is 6.54 Å². The molecule has 1 heterocycles. The molecule has 0 bridgehead atoms. The summed E-state index contributed by atoms with van der Waals surface area (Å²) < 4.78 is 1.63. The van der Waals surface area contributed by atoms with Gasteiger partial charge in [0.25, 0.3) is 5.56 Å². The van der Waals surface area contributed by atoms with E-state index in [-0.39, 0.29) is 17.1 Å². The van der Waals surface area contributed by atoms with Crippen LogP contribution in [0.2, 0.25) is 0 Å². The van der Waals surface area contributed by atoms with Crippen molar-refractivity contribution in [3.8, 4) is 0 Å². The third-order valence-electron chi connectivity index (χ3n) is 4.62. The maximum Gasteiger partial charge on any atom is 0.262 e. The number of ketones is 1. The quantitative estimate of drug-likeness (QED) is 0.383. The minimum absolute atomic E-state index is 0.0562. The van der Waals surface area contributed by atoms with Crippen molar-refractivity contribution >= 4 is 28.4 Å². The molecule has 0 fully saturated rings. The van der Waals surface area contributed by atoms with E-state index in [2.05, 4.69) is 4.98 Å². The molecule has 1 aromatic heterocycles. The third-order valence-corrected chi connectivity index (χ3v) is 5.59. The van der Waals surface area contributed by atoms with Crippen molar-refractivity contribution in [1.82, 2.24) is 9.55 Å². The normalized spacial score (nSPS) is 11.1. The molecule has 4 nitrogen and oxygen atoms in total. The number of hydrogen-bond acceptors (Lipinski definition) is 4. The lowest BCUT2D eigenvalue weighted by Gasteiger charge is -2.12. The SMILES string of the molecule is CCn1c(SCC(=O)c2cc(C)c(C)cc2C)nc2ccccc2c1=O. The van der Waals surface area contributed by atoms with Crippen LogP contribution in [0.3, 0.4) is 0 Å². The number of aromatic nitrogens is 2. The molecule has 2 aromatic carbocycles. The highest BCUT2D eigenvalue weighted by Crippen LogP contribution is 2.22. The van der Waals surface area contributed by atoms with E-state index in [4.69, 9.17) is 0 Å². The topological polar surface area (TPSA) is 52.0 Å². The molecule has 0 aliphatic heterocycles. The molecule has 0 N–H and O–H groups in total. The van der Waals surface area contributed by atoms with Gasteiger partial charge in [-0.05, 0) is 62.6 Å². The maximum atomic E-state index is 12.7. The second kappa shape index (κ2) is 7.46. The van der Waals surface area contributed by atoms with Gasteiger partial charge in [-0.15, -0.1) is 0 Å². The van der Waals surface area contributed by atoms with Gasteiger partial charge in [0.1, 0.15) is 0 Å². The predicted molar refractivity (Wildman–Crippen MR) is 107 cm³/mol. The molecule has 0 saturated carbocycles. The highest BCUT2D eigenvalue weighted by molar-refractivity contribution is 7.99. The van der Waals surface area contributed by atoms with Gasteiger partial charge in [-0.25, -0.2) is 4.98 Å². The highest BCUT2D eigenvalue weighted by atomic mass is 32.2. The third kappa shape index (κ3) is 3.44. The Hall–Kier alpha value is -2.40. The first-order valence-corrected chi connectivity index (χ1v) is 9.64. The second-order valence-electron chi connectivity index (χ2n) is 6.42. The highest BCUT2D eigenvalue weighted by Gasteiger charge is 2.15. The predicted octanol–water partition coefficient (Wildman–Crippen LogP) is 4.32. The Morgan fingerprint density at radius 1 is 1.08 bits per heavy atom. The molecule has 26 heavy (non-hydrogen) atoms. The van der Waals surface area contributed by atoms with Gasteiger partial charge in [0.05, 0.1) is 16.7 Å². The number of fused-ring (bicyclic) bond motifs is 1. The lowest BCUT2D eigenvalue weighted by molar-refractivity contribution is 0.102. The van der Waals surface area contributed by atoms with Crippen molar-refractivity contribution in [1.29, 1.82) is 0 Å². The fourth-order valence-corrected chi connectivity index (χ4v) is 3.95. The van der Waals surface area contributed by atoms with E-state index in [0.717, 1.165) is 16.7 Å². The van der Waals surface area contributed by atoms with E-state index >= 15 is 0 Å². The van der Waals surface area contributed by atoms with Crippen LogP contribution < -0.4 is 5.56 Å². The average Bonchev–Trinajstić information content (AvgIpc) is 2.63. The van der Waals surface area contributed by atoms with Gasteiger partial charge in [-0.3, -0.25) is 14.2 Å². The van der Waals surface area contributed by atoms with Crippen LogP contribution in [0.25, 0.3) is 10.9 Å². The monoisotopic (exact) mass is 366 g/mol. The molecular weight excluding hydrogens is 344 g/mol. The van der Waals surface area contributed by atoms with Crippen molar-refractivity contribution in [2.75, 3.05) is 5.75 Å². The zero-order chi connectivity index (χ0) is 18.8. The Morgan fingerprint density at radius 3 is 2.50 bits per heavy atom. The molecule has 0 atom stereocenters. The van der Waals surface area contributed by atoms with E-state index in [9.17, 15) is 9.59 Å². The first kappa shape index (κ1) is 18.4. The van der Waals surface area contributed by atoms with Crippen LogP contribution in [0.5, 0.6) is 0 Å². The van der Waals surface area contributed by atoms with Crippen LogP contribution in [0.1, 0.15) is 34.0 Å². The molecule has 3 aromatic rings. The number of hydrogen-bond donors (Lipinski definition) is 0. The summed E-state index contributed by atoms with van der Waals surface area (Å²) in [7, 11) is 0. The summed E-state index contributed by atoms with van der Waals surface area (Å²) in [6.45, 7) is 8.45. The van der Waals surface area contributed by atoms with Crippen LogP contribution >= 0.6 is 11.8 Å². The van der Waals surface area contributed by atoms with Crippen molar-refractivity contribution < 1.29 is 4.79 Å². The first-order valence-electron chi connectivity index (χ1n) is 8.65. The number of carbonyl (C=O) groups excluding carboxylic acids is 1. The van der Waals surface area contributed by atoms with Gasteiger partial charge in [-0.2, -0.15) is 0 Å². The number of nitrogens with zero attached hydrogens (tertiary/aromatic N) is 2. The van der Waals surface area contributed by atoms with Gasteiger partial charge in [-0.1, -0.05) is 30.0 Å². The summed E-state index contributed by atoms with van der Waals surface area (Å²) in [6.07, 6.45) is 0.